The molecule has 0 unspecified atom stereocenters. The number of nitro benzene ring substituents is 1. The summed E-state index contributed by atoms with van der Waals surface area (Å²) in [6.45, 7) is 3.80. The number of Topliss-reactive ketones (excluding diaryl/α,β-unsaturated/α-hetero) is 1. The molecular formula is C26H28N4O7S. The van der Waals surface area contributed by atoms with Crippen LogP contribution in [-0.2, 0) is 10.0 Å². The molecule has 1 N–H and O–H groups in total. The predicted octanol–water partition coefficient (Wildman–Crippen LogP) is 4.34. The Morgan fingerprint density at radius 3 is 1.92 bits per heavy atom. The Bertz CT molecular complexity index is 1430. The number of hydrogen-bond acceptors (Lipinski definition) is 9. The number of nitro groups is 1. The molecule has 11 nitrogen and oxygen atoms in total. The van der Waals surface area contributed by atoms with Gasteiger partial charge in [0.15, 0.2) is 0 Å². The van der Waals surface area contributed by atoms with Crippen molar-refractivity contribution in [2.45, 2.75) is 18.7 Å². The van der Waals surface area contributed by atoms with Crippen molar-refractivity contribution in [1.82, 2.24) is 4.31 Å². The van der Waals surface area contributed by atoms with E-state index in [2.05, 4.69) is 10.5 Å². The van der Waals surface area contributed by atoms with Crippen LogP contribution in [-0.4, -0.2) is 56.5 Å². The van der Waals surface area contributed by atoms with Crippen molar-refractivity contribution in [3.8, 4) is 11.5 Å². The van der Waals surface area contributed by atoms with Crippen LogP contribution in [0.1, 0.15) is 29.8 Å². The van der Waals surface area contributed by atoms with E-state index in [1.807, 2.05) is 0 Å². The average molecular weight is 541 g/mol. The van der Waals surface area contributed by atoms with Gasteiger partial charge in [0.2, 0.25) is 15.8 Å². The van der Waals surface area contributed by atoms with Crippen molar-refractivity contribution in [3.63, 3.8) is 0 Å². The Morgan fingerprint density at radius 2 is 1.45 bits per heavy atom. The number of hydrogen-bond donors (Lipinski definition) is 1. The van der Waals surface area contributed by atoms with Crippen LogP contribution in [0.5, 0.6) is 11.5 Å². The van der Waals surface area contributed by atoms with E-state index in [1.54, 1.807) is 62.4 Å². The second kappa shape index (κ2) is 12.3. The molecule has 0 amide bonds. The molecule has 0 saturated carbocycles. The number of ketones is 1. The molecule has 0 spiro atoms. The summed E-state index contributed by atoms with van der Waals surface area (Å²) in [5.41, 5.74) is 2.73. The first-order valence-corrected chi connectivity index (χ1v) is 13.1. The lowest BCUT2D eigenvalue weighted by molar-refractivity contribution is -0.384. The summed E-state index contributed by atoms with van der Waals surface area (Å²) in [4.78, 5) is 24.3. The molecule has 0 atom stereocenters. The Kier molecular flexibility index (Phi) is 9.16. The molecule has 0 fully saturated rings. The molecule has 0 aliphatic rings. The number of sulfonamides is 1. The van der Waals surface area contributed by atoms with E-state index in [0.717, 1.165) is 6.07 Å². The minimum atomic E-state index is -3.92. The highest BCUT2D eigenvalue weighted by Crippen LogP contribution is 2.29. The summed E-state index contributed by atoms with van der Waals surface area (Å²) < 4.78 is 37.3. The first-order chi connectivity index (χ1) is 18.2. The van der Waals surface area contributed by atoms with Crippen LogP contribution in [0.3, 0.4) is 0 Å². The maximum atomic E-state index is 13.4. The van der Waals surface area contributed by atoms with E-state index < -0.39 is 26.4 Å². The topological polar surface area (TPSA) is 140 Å². The lowest BCUT2D eigenvalue weighted by Gasteiger charge is -2.18. The number of ether oxygens (including phenoxy) is 2. The van der Waals surface area contributed by atoms with Crippen molar-refractivity contribution >= 4 is 32.9 Å². The lowest BCUT2D eigenvalue weighted by Crippen LogP contribution is -2.30. The van der Waals surface area contributed by atoms with Crippen LogP contribution in [0.4, 0.5) is 11.4 Å². The summed E-state index contributed by atoms with van der Waals surface area (Å²) >= 11 is 0. The molecule has 0 heterocycles. The number of carbonyl (C=O) groups excluding carboxylic acids is 1. The number of rotatable bonds is 12. The third-order valence-electron chi connectivity index (χ3n) is 5.73. The number of benzene rings is 3. The molecule has 3 aromatic carbocycles. The Morgan fingerprint density at radius 1 is 0.921 bits per heavy atom. The fourth-order valence-electron chi connectivity index (χ4n) is 3.62. The van der Waals surface area contributed by atoms with Gasteiger partial charge in [0, 0.05) is 30.3 Å². The highest BCUT2D eigenvalue weighted by Gasteiger charge is 2.26. The molecule has 38 heavy (non-hydrogen) atoms. The van der Waals surface area contributed by atoms with Crippen molar-refractivity contribution in [2.24, 2.45) is 5.10 Å². The first kappa shape index (κ1) is 28.3. The van der Waals surface area contributed by atoms with Gasteiger partial charge in [0.05, 0.1) is 24.0 Å². The second-order valence-corrected chi connectivity index (χ2v) is 9.82. The van der Waals surface area contributed by atoms with Gasteiger partial charge in [-0.2, -0.15) is 9.41 Å². The van der Waals surface area contributed by atoms with E-state index in [0.29, 0.717) is 22.6 Å². The van der Waals surface area contributed by atoms with E-state index in [1.165, 1.54) is 30.7 Å². The van der Waals surface area contributed by atoms with Gasteiger partial charge in [-0.15, -0.1) is 0 Å². The van der Waals surface area contributed by atoms with Crippen molar-refractivity contribution in [3.05, 3.63) is 88.0 Å². The van der Waals surface area contributed by atoms with Crippen molar-refractivity contribution in [2.75, 3.05) is 32.7 Å². The molecule has 0 aromatic heterocycles. The Hall–Kier alpha value is -4.29. The van der Waals surface area contributed by atoms with Crippen LogP contribution in [0.15, 0.2) is 76.7 Å². The fourth-order valence-corrected chi connectivity index (χ4v) is 5.10. The molecule has 3 rings (SSSR count). The number of nitrogens with one attached hydrogen (secondary N) is 1. The van der Waals surface area contributed by atoms with Gasteiger partial charge in [-0.05, 0) is 60.7 Å². The van der Waals surface area contributed by atoms with Crippen LogP contribution in [0, 0.1) is 10.1 Å². The van der Waals surface area contributed by atoms with Crippen LogP contribution in [0.2, 0.25) is 0 Å². The highest BCUT2D eigenvalue weighted by atomic mass is 32.2. The lowest BCUT2D eigenvalue weighted by atomic mass is 10.0. The molecule has 12 heteroatoms. The molecule has 3 aromatic rings. The first-order valence-electron chi connectivity index (χ1n) is 11.6. The summed E-state index contributed by atoms with van der Waals surface area (Å²) in [7, 11) is -0.899. The third-order valence-corrected chi connectivity index (χ3v) is 7.77. The van der Waals surface area contributed by atoms with Gasteiger partial charge >= 0.3 is 0 Å². The van der Waals surface area contributed by atoms with E-state index in [9.17, 15) is 23.3 Å². The predicted molar refractivity (Wildman–Crippen MR) is 144 cm³/mol. The van der Waals surface area contributed by atoms with Crippen LogP contribution in [0.25, 0.3) is 0 Å². The minimum absolute atomic E-state index is 0.0213. The van der Waals surface area contributed by atoms with Crippen LogP contribution < -0.4 is 14.9 Å². The molecule has 0 aliphatic carbocycles. The largest absolute Gasteiger partial charge is 0.497 e. The van der Waals surface area contributed by atoms with E-state index in [4.69, 9.17) is 9.47 Å². The van der Waals surface area contributed by atoms with Gasteiger partial charge in [0.25, 0.3) is 5.69 Å². The normalized spacial score (nSPS) is 11.8. The minimum Gasteiger partial charge on any atom is -0.497 e. The van der Waals surface area contributed by atoms with Crippen molar-refractivity contribution in [1.29, 1.82) is 0 Å². The van der Waals surface area contributed by atoms with E-state index in [-0.39, 0.29) is 29.4 Å². The zero-order valence-corrected chi connectivity index (χ0v) is 22.2. The smallest absolute Gasteiger partial charge is 0.295 e. The number of carbonyl (C=O) groups is 1. The fraction of sp³-hybridized carbons (Fsp3) is 0.231. The summed E-state index contributed by atoms with van der Waals surface area (Å²) in [5, 5.41) is 16.0. The Balaban J connectivity index is 2.06. The maximum Gasteiger partial charge on any atom is 0.295 e. The SMILES string of the molecule is CCN(CC)S(=O)(=O)c1ccc(NN=C(C(=O)c2ccc(OC)cc2)c2ccc(OC)cc2)c([N+](=O)[O-])c1. The van der Waals surface area contributed by atoms with Gasteiger partial charge in [-0.3, -0.25) is 20.3 Å². The molecule has 0 aliphatic heterocycles. The summed E-state index contributed by atoms with van der Waals surface area (Å²) in [5.74, 6) is 0.685. The molecule has 0 saturated heterocycles. The standard InChI is InChI=1S/C26H28N4O7S/c1-5-29(6-2)38(34,35)22-15-16-23(24(17-22)30(32)33)27-28-25(18-7-11-20(36-3)12-8-18)26(31)19-9-13-21(37-4)14-10-19/h7-17,27H,5-6H2,1-4H3. The second-order valence-electron chi connectivity index (χ2n) is 7.88. The number of nitrogens with zero attached hydrogens (tertiary/aromatic N) is 3. The molecule has 0 radical (unpaired) electrons. The maximum absolute atomic E-state index is 13.4. The van der Waals surface area contributed by atoms with Gasteiger partial charge in [0.1, 0.15) is 22.9 Å². The highest BCUT2D eigenvalue weighted by molar-refractivity contribution is 7.89. The third kappa shape index (κ3) is 6.15. The number of methoxy groups -OCH3 is 2. The van der Waals surface area contributed by atoms with Gasteiger partial charge in [-0.1, -0.05) is 13.8 Å². The Labute approximate surface area is 220 Å². The van der Waals surface area contributed by atoms with Gasteiger partial charge < -0.3 is 9.47 Å². The molecule has 200 valence electrons. The zero-order chi connectivity index (χ0) is 27.9. The number of hydrazone groups is 1. The van der Waals surface area contributed by atoms with Crippen LogP contribution >= 0.6 is 0 Å². The summed E-state index contributed by atoms with van der Waals surface area (Å²) in [6.07, 6.45) is 0. The zero-order valence-electron chi connectivity index (χ0n) is 21.4. The van der Waals surface area contributed by atoms with Crippen molar-refractivity contribution < 1.29 is 27.6 Å². The van der Waals surface area contributed by atoms with Gasteiger partial charge in [-0.25, -0.2) is 8.42 Å². The quantitative estimate of drug-likeness (QED) is 0.155. The number of anilines is 1. The average Bonchev–Trinajstić information content (AvgIpc) is 2.93. The molecular weight excluding hydrogens is 512 g/mol. The van der Waals surface area contributed by atoms with E-state index >= 15 is 0 Å². The summed E-state index contributed by atoms with van der Waals surface area (Å²) in [6, 6.07) is 16.5. The monoisotopic (exact) mass is 540 g/mol. The molecule has 0 bridgehead atoms.